The standard InChI is InChI=1S/C11H9NS2/c1-12-5-2-3-8(12)10-7-11-9(14-10)4-6-13-11/h2-7H,1H3. The monoisotopic (exact) mass is 219 g/mol. The second-order valence-corrected chi connectivity index (χ2v) is 5.30. The van der Waals surface area contributed by atoms with Gasteiger partial charge in [-0.3, -0.25) is 0 Å². The molecule has 0 saturated heterocycles. The molecule has 3 rings (SSSR count). The zero-order valence-corrected chi connectivity index (χ0v) is 9.36. The molecule has 0 atom stereocenters. The van der Waals surface area contributed by atoms with Gasteiger partial charge in [0.05, 0.1) is 10.6 Å². The summed E-state index contributed by atoms with van der Waals surface area (Å²) in [6.07, 6.45) is 2.09. The lowest BCUT2D eigenvalue weighted by Crippen LogP contribution is -1.85. The highest BCUT2D eigenvalue weighted by molar-refractivity contribution is 7.28. The molecule has 3 heterocycles. The van der Waals surface area contributed by atoms with E-state index in [0.29, 0.717) is 0 Å². The Morgan fingerprint density at radius 3 is 2.86 bits per heavy atom. The normalized spacial score (nSPS) is 11.2. The number of thiophene rings is 2. The van der Waals surface area contributed by atoms with Crippen LogP contribution in [-0.2, 0) is 7.05 Å². The van der Waals surface area contributed by atoms with E-state index in [9.17, 15) is 0 Å². The van der Waals surface area contributed by atoms with Gasteiger partial charge in [-0.1, -0.05) is 0 Å². The van der Waals surface area contributed by atoms with Crippen LogP contribution >= 0.6 is 22.7 Å². The van der Waals surface area contributed by atoms with Crippen molar-refractivity contribution in [3.05, 3.63) is 35.8 Å². The maximum atomic E-state index is 2.28. The van der Waals surface area contributed by atoms with Crippen molar-refractivity contribution in [2.45, 2.75) is 0 Å². The van der Waals surface area contributed by atoms with E-state index >= 15 is 0 Å². The molecular weight excluding hydrogens is 210 g/mol. The Kier molecular flexibility index (Phi) is 1.75. The lowest BCUT2D eigenvalue weighted by molar-refractivity contribution is 0.940. The minimum absolute atomic E-state index is 1.30. The van der Waals surface area contributed by atoms with E-state index < -0.39 is 0 Å². The van der Waals surface area contributed by atoms with E-state index in [2.05, 4.69) is 47.5 Å². The van der Waals surface area contributed by atoms with E-state index in [-0.39, 0.29) is 0 Å². The second kappa shape index (κ2) is 2.97. The first kappa shape index (κ1) is 8.26. The summed E-state index contributed by atoms with van der Waals surface area (Å²) in [5, 5.41) is 2.15. The largest absolute Gasteiger partial charge is 0.350 e. The average molecular weight is 219 g/mol. The van der Waals surface area contributed by atoms with Gasteiger partial charge in [-0.25, -0.2) is 0 Å². The Bertz CT molecular complexity index is 542. The minimum Gasteiger partial charge on any atom is -0.350 e. The molecule has 0 fully saturated rings. The third kappa shape index (κ3) is 1.13. The smallest absolute Gasteiger partial charge is 0.0579 e. The predicted molar refractivity (Wildman–Crippen MR) is 64.1 cm³/mol. The first-order chi connectivity index (χ1) is 6.84. The van der Waals surface area contributed by atoms with Gasteiger partial charge in [0.15, 0.2) is 0 Å². The molecule has 3 heteroatoms. The molecule has 0 aromatic carbocycles. The van der Waals surface area contributed by atoms with Crippen LogP contribution in [0.25, 0.3) is 20.0 Å². The van der Waals surface area contributed by atoms with Crippen LogP contribution in [0, 0.1) is 0 Å². The minimum atomic E-state index is 1.30. The van der Waals surface area contributed by atoms with Crippen molar-refractivity contribution in [1.82, 2.24) is 4.57 Å². The molecule has 0 aliphatic rings. The average Bonchev–Trinajstić information content (AvgIpc) is 2.75. The van der Waals surface area contributed by atoms with Crippen LogP contribution in [0.2, 0.25) is 0 Å². The summed E-state index contributed by atoms with van der Waals surface area (Å²) in [4.78, 5) is 1.36. The van der Waals surface area contributed by atoms with Crippen molar-refractivity contribution in [3.8, 4) is 10.6 Å². The summed E-state index contributed by atoms with van der Waals surface area (Å²) in [6.45, 7) is 0. The zero-order valence-electron chi connectivity index (χ0n) is 7.73. The summed E-state index contributed by atoms with van der Waals surface area (Å²) in [5.41, 5.74) is 1.30. The van der Waals surface area contributed by atoms with Crippen molar-refractivity contribution in [3.63, 3.8) is 0 Å². The maximum absolute atomic E-state index is 2.28. The van der Waals surface area contributed by atoms with Crippen LogP contribution in [0.15, 0.2) is 35.8 Å². The number of aryl methyl sites for hydroxylation is 1. The van der Waals surface area contributed by atoms with Gasteiger partial charge in [0, 0.05) is 22.6 Å². The fourth-order valence-corrected chi connectivity index (χ4v) is 3.79. The van der Waals surface area contributed by atoms with Crippen LogP contribution in [0.4, 0.5) is 0 Å². The summed E-state index contributed by atoms with van der Waals surface area (Å²) in [6, 6.07) is 8.72. The van der Waals surface area contributed by atoms with Crippen LogP contribution < -0.4 is 0 Å². The van der Waals surface area contributed by atoms with Crippen LogP contribution in [-0.4, -0.2) is 4.57 Å². The lowest BCUT2D eigenvalue weighted by Gasteiger charge is -1.97. The van der Waals surface area contributed by atoms with Gasteiger partial charge in [0.1, 0.15) is 0 Å². The molecule has 0 amide bonds. The van der Waals surface area contributed by atoms with Crippen LogP contribution in [0.1, 0.15) is 0 Å². The molecule has 3 aromatic heterocycles. The van der Waals surface area contributed by atoms with Gasteiger partial charge < -0.3 is 4.57 Å². The molecule has 0 radical (unpaired) electrons. The lowest BCUT2D eigenvalue weighted by atomic mass is 10.3. The Hall–Kier alpha value is -1.06. The van der Waals surface area contributed by atoms with Crippen molar-refractivity contribution < 1.29 is 0 Å². The highest BCUT2D eigenvalue weighted by atomic mass is 32.1. The highest BCUT2D eigenvalue weighted by Gasteiger charge is 2.06. The topological polar surface area (TPSA) is 4.93 Å². The van der Waals surface area contributed by atoms with Gasteiger partial charge in [-0.2, -0.15) is 0 Å². The van der Waals surface area contributed by atoms with Crippen molar-refractivity contribution >= 4 is 32.1 Å². The number of nitrogens with zero attached hydrogens (tertiary/aromatic N) is 1. The molecule has 0 aliphatic carbocycles. The molecule has 1 nitrogen and oxygen atoms in total. The summed E-state index contributed by atoms with van der Waals surface area (Å²) >= 11 is 3.68. The Morgan fingerprint density at radius 1 is 1.21 bits per heavy atom. The Labute approximate surface area is 90.2 Å². The fraction of sp³-hybridized carbons (Fsp3) is 0.0909. The molecule has 0 unspecified atom stereocenters. The zero-order chi connectivity index (χ0) is 9.54. The Morgan fingerprint density at radius 2 is 2.14 bits per heavy atom. The molecule has 3 aromatic rings. The number of hydrogen-bond donors (Lipinski definition) is 0. The summed E-state index contributed by atoms with van der Waals surface area (Å²) in [5.74, 6) is 0. The highest BCUT2D eigenvalue weighted by Crippen LogP contribution is 2.36. The number of rotatable bonds is 1. The molecule has 0 aliphatic heterocycles. The van der Waals surface area contributed by atoms with E-state index in [0.717, 1.165) is 0 Å². The molecule has 0 bridgehead atoms. The predicted octanol–water partition coefficient (Wildman–Crippen LogP) is 3.97. The quantitative estimate of drug-likeness (QED) is 0.583. The van der Waals surface area contributed by atoms with Gasteiger partial charge in [-0.15, -0.1) is 22.7 Å². The Balaban J connectivity index is 2.23. The molecular formula is C11H9NS2. The summed E-state index contributed by atoms with van der Waals surface area (Å²) < 4.78 is 4.95. The number of fused-ring (bicyclic) bond motifs is 1. The van der Waals surface area contributed by atoms with Crippen molar-refractivity contribution in [1.29, 1.82) is 0 Å². The number of hydrogen-bond acceptors (Lipinski definition) is 2. The van der Waals surface area contributed by atoms with E-state index in [1.54, 1.807) is 0 Å². The third-order valence-electron chi connectivity index (χ3n) is 2.34. The van der Waals surface area contributed by atoms with Gasteiger partial charge in [0.25, 0.3) is 0 Å². The third-order valence-corrected chi connectivity index (χ3v) is 4.45. The van der Waals surface area contributed by atoms with Crippen molar-refractivity contribution in [2.75, 3.05) is 0 Å². The first-order valence-corrected chi connectivity index (χ1v) is 6.13. The second-order valence-electron chi connectivity index (χ2n) is 3.26. The molecule has 14 heavy (non-hydrogen) atoms. The summed E-state index contributed by atoms with van der Waals surface area (Å²) in [7, 11) is 2.09. The van der Waals surface area contributed by atoms with E-state index in [1.165, 1.54) is 20.0 Å². The SMILES string of the molecule is Cn1cccc1-c1cc2sccc2s1. The number of aromatic nitrogens is 1. The van der Waals surface area contributed by atoms with Crippen LogP contribution in [0.3, 0.4) is 0 Å². The molecule has 0 N–H and O–H groups in total. The van der Waals surface area contributed by atoms with Crippen LogP contribution in [0.5, 0.6) is 0 Å². The van der Waals surface area contributed by atoms with Gasteiger partial charge >= 0.3 is 0 Å². The van der Waals surface area contributed by atoms with E-state index in [4.69, 9.17) is 0 Å². The van der Waals surface area contributed by atoms with Gasteiger partial charge in [0.2, 0.25) is 0 Å². The van der Waals surface area contributed by atoms with E-state index in [1.807, 2.05) is 22.7 Å². The maximum Gasteiger partial charge on any atom is 0.0579 e. The fourth-order valence-electron chi connectivity index (χ4n) is 1.61. The van der Waals surface area contributed by atoms with Crippen molar-refractivity contribution in [2.24, 2.45) is 7.05 Å². The van der Waals surface area contributed by atoms with Gasteiger partial charge in [-0.05, 0) is 29.6 Å². The molecule has 0 saturated carbocycles. The molecule has 70 valence electrons. The molecule has 0 spiro atoms. The first-order valence-electron chi connectivity index (χ1n) is 4.43.